The highest BCUT2D eigenvalue weighted by Crippen LogP contribution is 2.33. The standard InChI is InChI=1S/C10H21B/c1-5-6-10(4,8-11)7-9(2)3/h9H,5-8H2,1-4H3/t10-/m1/s1. The van der Waals surface area contributed by atoms with Gasteiger partial charge in [0.05, 0.1) is 7.85 Å². The van der Waals surface area contributed by atoms with Crippen LogP contribution in [0.5, 0.6) is 0 Å². The SMILES string of the molecule is [B]C[C@](C)(CCC)CC(C)C. The molecule has 2 radical (unpaired) electrons. The van der Waals surface area contributed by atoms with Crippen LogP contribution < -0.4 is 0 Å². The second-order valence-electron chi connectivity index (χ2n) is 4.36. The molecule has 0 amide bonds. The lowest BCUT2D eigenvalue weighted by Crippen LogP contribution is -2.17. The number of hydrogen-bond donors (Lipinski definition) is 0. The van der Waals surface area contributed by atoms with Crippen LogP contribution in [0.1, 0.15) is 47.0 Å². The molecule has 0 aromatic rings. The summed E-state index contributed by atoms with van der Waals surface area (Å²) < 4.78 is 0. The van der Waals surface area contributed by atoms with E-state index < -0.39 is 0 Å². The van der Waals surface area contributed by atoms with Gasteiger partial charge in [-0.3, -0.25) is 0 Å². The molecule has 11 heavy (non-hydrogen) atoms. The van der Waals surface area contributed by atoms with Crippen molar-refractivity contribution in [3.05, 3.63) is 0 Å². The lowest BCUT2D eigenvalue weighted by molar-refractivity contribution is 0.264. The second kappa shape index (κ2) is 4.85. The lowest BCUT2D eigenvalue weighted by atomic mass is 9.70. The summed E-state index contributed by atoms with van der Waals surface area (Å²) in [5.74, 6) is 0.773. The molecule has 64 valence electrons. The predicted octanol–water partition coefficient (Wildman–Crippen LogP) is 3.43. The van der Waals surface area contributed by atoms with Crippen molar-refractivity contribution in [1.29, 1.82) is 0 Å². The molecule has 0 spiro atoms. The maximum atomic E-state index is 5.74. The summed E-state index contributed by atoms with van der Waals surface area (Å²) in [4.78, 5) is 0. The van der Waals surface area contributed by atoms with E-state index in [0.717, 1.165) is 12.2 Å². The number of rotatable bonds is 5. The highest BCUT2D eigenvalue weighted by Gasteiger charge is 2.21. The van der Waals surface area contributed by atoms with Gasteiger partial charge in [-0.15, -0.1) is 0 Å². The smallest absolute Gasteiger partial charge is 0.0660 e. The van der Waals surface area contributed by atoms with Gasteiger partial charge in [0, 0.05) is 0 Å². The zero-order valence-electron chi connectivity index (χ0n) is 8.48. The van der Waals surface area contributed by atoms with E-state index in [2.05, 4.69) is 27.7 Å². The van der Waals surface area contributed by atoms with Crippen molar-refractivity contribution in [3.63, 3.8) is 0 Å². The van der Waals surface area contributed by atoms with Crippen LogP contribution in [-0.2, 0) is 0 Å². The second-order valence-corrected chi connectivity index (χ2v) is 4.36. The van der Waals surface area contributed by atoms with E-state index in [1.807, 2.05) is 0 Å². The molecule has 0 rings (SSSR count). The van der Waals surface area contributed by atoms with Crippen LogP contribution in [0.15, 0.2) is 0 Å². The summed E-state index contributed by atoms with van der Waals surface area (Å²) >= 11 is 0. The lowest BCUT2D eigenvalue weighted by Gasteiger charge is -2.30. The van der Waals surface area contributed by atoms with Crippen LogP contribution in [0.3, 0.4) is 0 Å². The minimum absolute atomic E-state index is 0.392. The molecule has 0 unspecified atom stereocenters. The van der Waals surface area contributed by atoms with Crippen molar-refractivity contribution in [1.82, 2.24) is 0 Å². The monoisotopic (exact) mass is 152 g/mol. The Kier molecular flexibility index (Phi) is 4.87. The fourth-order valence-corrected chi connectivity index (χ4v) is 1.88. The first-order valence-electron chi connectivity index (χ1n) is 4.74. The van der Waals surface area contributed by atoms with E-state index in [1.54, 1.807) is 0 Å². The largest absolute Gasteiger partial charge is 0.0834 e. The van der Waals surface area contributed by atoms with Crippen LogP contribution >= 0.6 is 0 Å². The molecule has 0 heterocycles. The highest BCUT2D eigenvalue weighted by molar-refractivity contribution is 6.08. The molecule has 0 aromatic heterocycles. The maximum absolute atomic E-state index is 5.74. The van der Waals surface area contributed by atoms with Crippen molar-refractivity contribution in [2.24, 2.45) is 11.3 Å². The highest BCUT2D eigenvalue weighted by atomic mass is 14.2. The van der Waals surface area contributed by atoms with Crippen molar-refractivity contribution in [3.8, 4) is 0 Å². The van der Waals surface area contributed by atoms with E-state index in [9.17, 15) is 0 Å². The average molecular weight is 152 g/mol. The van der Waals surface area contributed by atoms with Gasteiger partial charge >= 0.3 is 0 Å². The average Bonchev–Trinajstić information content (AvgIpc) is 1.87. The van der Waals surface area contributed by atoms with Gasteiger partial charge in [-0.05, 0) is 24.2 Å². The van der Waals surface area contributed by atoms with E-state index in [4.69, 9.17) is 7.85 Å². The van der Waals surface area contributed by atoms with Gasteiger partial charge in [0.15, 0.2) is 0 Å². The van der Waals surface area contributed by atoms with Crippen molar-refractivity contribution >= 4 is 7.85 Å². The molecule has 0 bridgehead atoms. The number of hydrogen-bond acceptors (Lipinski definition) is 0. The normalized spacial score (nSPS) is 16.8. The quantitative estimate of drug-likeness (QED) is 0.529. The fraction of sp³-hybridized carbons (Fsp3) is 1.00. The Morgan fingerprint density at radius 2 is 1.91 bits per heavy atom. The summed E-state index contributed by atoms with van der Waals surface area (Å²) in [5.41, 5.74) is 0.392. The topological polar surface area (TPSA) is 0 Å². The van der Waals surface area contributed by atoms with Crippen LogP contribution in [0.2, 0.25) is 6.32 Å². The van der Waals surface area contributed by atoms with E-state index in [1.165, 1.54) is 19.3 Å². The predicted molar refractivity (Wildman–Crippen MR) is 53.0 cm³/mol. The Morgan fingerprint density at radius 1 is 1.36 bits per heavy atom. The van der Waals surface area contributed by atoms with E-state index >= 15 is 0 Å². The molecule has 0 N–H and O–H groups in total. The maximum Gasteiger partial charge on any atom is 0.0660 e. The minimum atomic E-state index is 0.392. The summed E-state index contributed by atoms with van der Waals surface area (Å²) in [7, 11) is 5.74. The molecule has 0 aliphatic rings. The molecule has 0 aliphatic carbocycles. The van der Waals surface area contributed by atoms with Crippen molar-refractivity contribution < 1.29 is 0 Å². The summed E-state index contributed by atoms with van der Waals surface area (Å²) in [5, 5.41) is 0. The van der Waals surface area contributed by atoms with Gasteiger partial charge in [-0.2, -0.15) is 0 Å². The third-order valence-corrected chi connectivity index (χ3v) is 2.25. The zero-order valence-corrected chi connectivity index (χ0v) is 8.48. The van der Waals surface area contributed by atoms with Crippen LogP contribution in [0.25, 0.3) is 0 Å². The molecule has 1 heteroatoms. The van der Waals surface area contributed by atoms with Gasteiger partial charge in [0.25, 0.3) is 0 Å². The van der Waals surface area contributed by atoms with Gasteiger partial charge in [-0.1, -0.05) is 40.4 Å². The molecule has 0 aliphatic heterocycles. The van der Waals surface area contributed by atoms with E-state index in [0.29, 0.717) is 5.41 Å². The molecular formula is C10H21B. The van der Waals surface area contributed by atoms with Gasteiger partial charge < -0.3 is 0 Å². The summed E-state index contributed by atoms with van der Waals surface area (Å²) in [6.45, 7) is 9.07. The third kappa shape index (κ3) is 4.50. The third-order valence-electron chi connectivity index (χ3n) is 2.25. The van der Waals surface area contributed by atoms with Crippen LogP contribution in [-0.4, -0.2) is 7.85 Å². The Balaban J connectivity index is 3.87. The Labute approximate surface area is 73.2 Å². The van der Waals surface area contributed by atoms with Crippen LogP contribution in [0.4, 0.5) is 0 Å². The first kappa shape index (κ1) is 11.1. The molecule has 0 fully saturated rings. The minimum Gasteiger partial charge on any atom is -0.0834 e. The van der Waals surface area contributed by atoms with Gasteiger partial charge in [-0.25, -0.2) is 0 Å². The van der Waals surface area contributed by atoms with E-state index in [-0.39, 0.29) is 0 Å². The first-order chi connectivity index (χ1) is 5.04. The Morgan fingerprint density at radius 3 is 2.18 bits per heavy atom. The zero-order chi connectivity index (χ0) is 8.91. The van der Waals surface area contributed by atoms with Crippen LogP contribution in [0, 0.1) is 11.3 Å². The molecular weight excluding hydrogens is 131 g/mol. The first-order valence-corrected chi connectivity index (χ1v) is 4.74. The Hall–Kier alpha value is 0.0649. The molecule has 1 atom stereocenters. The van der Waals surface area contributed by atoms with Crippen molar-refractivity contribution in [2.75, 3.05) is 0 Å². The summed E-state index contributed by atoms with van der Waals surface area (Å²) in [6, 6.07) is 0. The molecule has 0 aromatic carbocycles. The Bertz CT molecular complexity index is 99.0. The molecule has 0 saturated heterocycles. The van der Waals surface area contributed by atoms with Crippen molar-refractivity contribution in [2.45, 2.75) is 53.3 Å². The van der Waals surface area contributed by atoms with Gasteiger partial charge in [0.2, 0.25) is 0 Å². The fourth-order valence-electron chi connectivity index (χ4n) is 1.88. The molecule has 0 nitrogen and oxygen atoms in total. The molecule has 0 saturated carbocycles. The van der Waals surface area contributed by atoms with Gasteiger partial charge in [0.1, 0.15) is 0 Å². The summed E-state index contributed by atoms with van der Waals surface area (Å²) in [6.07, 6.45) is 4.61.